The average Bonchev–Trinajstić information content (AvgIpc) is 2.71. The smallest absolute Gasteiger partial charge is 0.223 e. The zero-order chi connectivity index (χ0) is 12.8. The topological polar surface area (TPSA) is 42.0 Å². The maximum Gasteiger partial charge on any atom is 0.223 e. The fraction of sp³-hybridized carbons (Fsp3) is 0.385. The van der Waals surface area contributed by atoms with Gasteiger partial charge >= 0.3 is 0 Å². The van der Waals surface area contributed by atoms with Crippen molar-refractivity contribution in [2.45, 2.75) is 34.1 Å². The monoisotopic (exact) mass is 250 g/mol. The maximum absolute atomic E-state index is 10.9. The van der Waals surface area contributed by atoms with E-state index in [9.17, 15) is 4.79 Å². The molecule has 92 valence electrons. The number of rotatable bonds is 2. The van der Waals surface area contributed by atoms with Crippen molar-refractivity contribution in [1.82, 2.24) is 4.98 Å². The highest BCUT2D eigenvalue weighted by molar-refractivity contribution is 7.22. The predicted octanol–water partition coefficient (Wildman–Crippen LogP) is 3.84. The van der Waals surface area contributed by atoms with Crippen LogP contribution in [-0.2, 0) is 11.2 Å². The molecule has 0 aliphatic heterocycles. The van der Waals surface area contributed by atoms with Crippen LogP contribution in [0.3, 0.4) is 0 Å². The highest BCUT2D eigenvalue weighted by Crippen LogP contribution is 2.26. The van der Waals surface area contributed by atoms with Gasteiger partial charge in [-0.15, -0.1) is 0 Å². The molecule has 1 heterocycles. The minimum Gasteiger partial charge on any atom is -0.302 e. The fourth-order valence-electron chi connectivity index (χ4n) is 1.39. The van der Waals surface area contributed by atoms with Crippen molar-refractivity contribution in [2.24, 2.45) is 0 Å². The number of benzene rings is 1. The van der Waals surface area contributed by atoms with Crippen LogP contribution in [0.2, 0.25) is 0 Å². The Hall–Kier alpha value is -1.42. The fourth-order valence-corrected chi connectivity index (χ4v) is 2.37. The van der Waals surface area contributed by atoms with Crippen molar-refractivity contribution in [3.05, 3.63) is 23.8 Å². The van der Waals surface area contributed by atoms with E-state index >= 15 is 0 Å². The van der Waals surface area contributed by atoms with E-state index in [1.807, 2.05) is 19.9 Å². The van der Waals surface area contributed by atoms with Gasteiger partial charge in [-0.25, -0.2) is 4.98 Å². The van der Waals surface area contributed by atoms with Crippen molar-refractivity contribution < 1.29 is 4.79 Å². The highest BCUT2D eigenvalue weighted by Gasteiger charge is 2.04. The van der Waals surface area contributed by atoms with E-state index in [4.69, 9.17) is 0 Å². The summed E-state index contributed by atoms with van der Waals surface area (Å²) in [6.45, 7) is 7.61. The van der Waals surface area contributed by atoms with Crippen LogP contribution in [0.5, 0.6) is 0 Å². The van der Waals surface area contributed by atoms with Crippen molar-refractivity contribution in [2.75, 3.05) is 5.32 Å². The van der Waals surface area contributed by atoms with Gasteiger partial charge in [0.25, 0.3) is 0 Å². The first-order chi connectivity index (χ1) is 8.19. The van der Waals surface area contributed by atoms with Gasteiger partial charge in [0.2, 0.25) is 5.91 Å². The number of hydrogen-bond acceptors (Lipinski definition) is 3. The average molecular weight is 250 g/mol. The predicted molar refractivity (Wildman–Crippen MR) is 74.6 cm³/mol. The van der Waals surface area contributed by atoms with Crippen LogP contribution in [0.4, 0.5) is 5.13 Å². The molecule has 0 radical (unpaired) electrons. The van der Waals surface area contributed by atoms with Crippen LogP contribution in [0.25, 0.3) is 10.2 Å². The number of nitrogens with one attached hydrogen (secondary N) is 1. The van der Waals surface area contributed by atoms with Crippen LogP contribution in [0, 0.1) is 0 Å². The minimum atomic E-state index is -0.0789. The number of aryl methyl sites for hydroxylation is 1. The number of thiazole rings is 1. The Morgan fingerprint density at radius 3 is 2.71 bits per heavy atom. The molecule has 1 N–H and O–H groups in total. The molecule has 17 heavy (non-hydrogen) atoms. The minimum absolute atomic E-state index is 0.0789. The number of fused-ring (bicyclic) bond motifs is 1. The lowest BCUT2D eigenvalue weighted by atomic mass is 10.2. The van der Waals surface area contributed by atoms with Crippen molar-refractivity contribution >= 4 is 32.6 Å². The van der Waals surface area contributed by atoms with E-state index in [-0.39, 0.29) is 5.91 Å². The molecular formula is C13H18N2OS. The van der Waals surface area contributed by atoms with Gasteiger partial charge < -0.3 is 5.32 Å². The Morgan fingerprint density at radius 2 is 2.12 bits per heavy atom. The van der Waals surface area contributed by atoms with Gasteiger partial charge in [0, 0.05) is 6.92 Å². The van der Waals surface area contributed by atoms with E-state index in [0.717, 1.165) is 16.6 Å². The van der Waals surface area contributed by atoms with Crippen LogP contribution in [0.1, 0.15) is 33.3 Å². The number of nitrogens with zero attached hydrogens (tertiary/aromatic N) is 1. The van der Waals surface area contributed by atoms with Gasteiger partial charge in [-0.05, 0) is 24.1 Å². The van der Waals surface area contributed by atoms with Gasteiger partial charge in [0.15, 0.2) is 5.13 Å². The number of carbonyl (C=O) groups is 1. The molecular weight excluding hydrogens is 232 g/mol. The molecule has 0 fully saturated rings. The number of carbonyl (C=O) groups excluding carboxylic acids is 1. The second-order valence-corrected chi connectivity index (χ2v) is 4.39. The molecule has 0 atom stereocenters. The van der Waals surface area contributed by atoms with Crippen molar-refractivity contribution in [3.8, 4) is 0 Å². The van der Waals surface area contributed by atoms with Gasteiger partial charge in [0.1, 0.15) is 0 Å². The maximum atomic E-state index is 10.9. The molecule has 0 aliphatic carbocycles. The highest BCUT2D eigenvalue weighted by atomic mass is 32.1. The van der Waals surface area contributed by atoms with Gasteiger partial charge in [-0.1, -0.05) is 38.2 Å². The zero-order valence-corrected chi connectivity index (χ0v) is 11.5. The summed E-state index contributed by atoms with van der Waals surface area (Å²) in [7, 11) is 0. The number of amides is 1. The van der Waals surface area contributed by atoms with Gasteiger partial charge in [-0.2, -0.15) is 0 Å². The Labute approximate surface area is 106 Å². The van der Waals surface area contributed by atoms with Crippen molar-refractivity contribution in [1.29, 1.82) is 0 Å². The quantitative estimate of drug-likeness (QED) is 0.879. The first-order valence-electron chi connectivity index (χ1n) is 5.86. The van der Waals surface area contributed by atoms with E-state index in [2.05, 4.69) is 29.4 Å². The Bertz CT molecular complexity index is 505. The molecule has 4 heteroatoms. The Morgan fingerprint density at radius 1 is 1.41 bits per heavy atom. The molecule has 0 unspecified atom stereocenters. The zero-order valence-electron chi connectivity index (χ0n) is 10.7. The molecule has 1 amide bonds. The van der Waals surface area contributed by atoms with Crippen LogP contribution in [0.15, 0.2) is 18.2 Å². The van der Waals surface area contributed by atoms with Crippen LogP contribution < -0.4 is 5.32 Å². The molecule has 2 rings (SSSR count). The molecule has 0 saturated heterocycles. The normalized spacial score (nSPS) is 9.65. The Kier molecular flexibility index (Phi) is 5.10. The molecule has 0 saturated carbocycles. The Balaban J connectivity index is 0.000000686. The first-order valence-corrected chi connectivity index (χ1v) is 6.67. The van der Waals surface area contributed by atoms with Crippen molar-refractivity contribution in [3.63, 3.8) is 0 Å². The molecule has 3 nitrogen and oxygen atoms in total. The summed E-state index contributed by atoms with van der Waals surface area (Å²) < 4.78 is 1.12. The van der Waals surface area contributed by atoms with Crippen LogP contribution >= 0.6 is 11.3 Å². The standard InChI is InChI=1S/C11H12N2OS.C2H6/c1-3-8-4-5-9-10(6-8)15-11(13-9)12-7(2)14;1-2/h4-6H,3H2,1-2H3,(H,12,13,14);1-2H3. The second-order valence-electron chi connectivity index (χ2n) is 3.36. The summed E-state index contributed by atoms with van der Waals surface area (Å²) >= 11 is 1.51. The summed E-state index contributed by atoms with van der Waals surface area (Å²) in [4.78, 5) is 15.2. The van der Waals surface area contributed by atoms with Crippen LogP contribution in [-0.4, -0.2) is 10.9 Å². The van der Waals surface area contributed by atoms with Gasteiger partial charge in [0.05, 0.1) is 10.2 Å². The van der Waals surface area contributed by atoms with E-state index in [1.54, 1.807) is 0 Å². The first kappa shape index (κ1) is 13.6. The third-order valence-electron chi connectivity index (χ3n) is 2.14. The summed E-state index contributed by atoms with van der Waals surface area (Å²) in [5.74, 6) is -0.0789. The largest absolute Gasteiger partial charge is 0.302 e. The van der Waals surface area contributed by atoms with E-state index in [1.165, 1.54) is 23.8 Å². The molecule has 2 aromatic rings. The van der Waals surface area contributed by atoms with Gasteiger partial charge in [-0.3, -0.25) is 4.79 Å². The molecule has 0 spiro atoms. The van der Waals surface area contributed by atoms with E-state index < -0.39 is 0 Å². The summed E-state index contributed by atoms with van der Waals surface area (Å²) in [6, 6.07) is 6.19. The lowest BCUT2D eigenvalue weighted by Gasteiger charge is -1.93. The molecule has 0 bridgehead atoms. The third-order valence-corrected chi connectivity index (χ3v) is 3.08. The molecule has 1 aromatic heterocycles. The molecule has 1 aromatic carbocycles. The summed E-state index contributed by atoms with van der Waals surface area (Å²) in [5, 5.41) is 3.37. The van der Waals surface area contributed by atoms with E-state index in [0.29, 0.717) is 5.13 Å². The third kappa shape index (κ3) is 3.53. The second kappa shape index (κ2) is 6.35. The summed E-state index contributed by atoms with van der Waals surface area (Å²) in [6.07, 6.45) is 1.02. The molecule has 0 aliphatic rings. The number of hydrogen-bond donors (Lipinski definition) is 1. The number of aromatic nitrogens is 1. The number of anilines is 1. The summed E-state index contributed by atoms with van der Waals surface area (Å²) in [5.41, 5.74) is 2.24. The lowest BCUT2D eigenvalue weighted by Crippen LogP contribution is -2.04. The lowest BCUT2D eigenvalue weighted by molar-refractivity contribution is -0.114. The SMILES string of the molecule is CC.CCc1ccc2nc(NC(C)=O)sc2c1.